The van der Waals surface area contributed by atoms with E-state index in [9.17, 15) is 0 Å². The number of rotatable bonds is 5. The number of hydrogen-bond donors (Lipinski definition) is 1. The third-order valence-corrected chi connectivity index (χ3v) is 2.76. The van der Waals surface area contributed by atoms with Crippen LogP contribution < -0.4 is 5.32 Å². The summed E-state index contributed by atoms with van der Waals surface area (Å²) in [6.07, 6.45) is 1.94. The Morgan fingerprint density at radius 2 is 2.36 bits per heavy atom. The second-order valence-electron chi connectivity index (χ2n) is 3.79. The number of anilines is 1. The highest BCUT2D eigenvalue weighted by atomic mass is 35.5. The van der Waals surface area contributed by atoms with Gasteiger partial charge in [0.25, 0.3) is 0 Å². The molecule has 1 saturated carbocycles. The SMILES string of the molecule is CC1CC1CNc1nnc(CCCl)o1. The van der Waals surface area contributed by atoms with E-state index in [-0.39, 0.29) is 0 Å². The predicted octanol–water partition coefficient (Wildman–Crippen LogP) is 1.92. The fourth-order valence-corrected chi connectivity index (χ4v) is 1.57. The van der Waals surface area contributed by atoms with E-state index < -0.39 is 0 Å². The maximum Gasteiger partial charge on any atom is 0.315 e. The van der Waals surface area contributed by atoms with Crippen LogP contribution in [0.15, 0.2) is 4.42 Å². The molecule has 0 bridgehead atoms. The minimum atomic E-state index is 0.515. The molecule has 2 rings (SSSR count). The molecule has 0 aromatic carbocycles. The van der Waals surface area contributed by atoms with Crippen LogP contribution in [0.4, 0.5) is 6.01 Å². The van der Waals surface area contributed by atoms with Crippen molar-refractivity contribution in [1.82, 2.24) is 10.2 Å². The molecule has 1 N–H and O–H groups in total. The van der Waals surface area contributed by atoms with E-state index in [1.165, 1.54) is 6.42 Å². The molecule has 0 spiro atoms. The van der Waals surface area contributed by atoms with Crippen LogP contribution in [0.2, 0.25) is 0 Å². The van der Waals surface area contributed by atoms with Crippen molar-refractivity contribution < 1.29 is 4.42 Å². The van der Waals surface area contributed by atoms with Gasteiger partial charge < -0.3 is 9.73 Å². The second kappa shape index (κ2) is 4.17. The monoisotopic (exact) mass is 215 g/mol. The van der Waals surface area contributed by atoms with Gasteiger partial charge in [-0.1, -0.05) is 12.0 Å². The zero-order chi connectivity index (χ0) is 9.97. The van der Waals surface area contributed by atoms with Crippen LogP contribution in [0.25, 0.3) is 0 Å². The van der Waals surface area contributed by atoms with Gasteiger partial charge in [-0.3, -0.25) is 0 Å². The molecule has 4 nitrogen and oxygen atoms in total. The normalized spacial score (nSPS) is 25.0. The Labute approximate surface area is 88.0 Å². The summed E-state index contributed by atoms with van der Waals surface area (Å²) in [4.78, 5) is 0. The summed E-state index contributed by atoms with van der Waals surface area (Å²) in [7, 11) is 0. The molecule has 1 aliphatic carbocycles. The molecular formula is C9H14ClN3O. The second-order valence-corrected chi connectivity index (χ2v) is 4.17. The Kier molecular flexibility index (Phi) is 2.91. The first-order chi connectivity index (χ1) is 6.79. The van der Waals surface area contributed by atoms with Crippen LogP contribution in [-0.4, -0.2) is 22.6 Å². The summed E-state index contributed by atoms with van der Waals surface area (Å²) in [5, 5.41) is 10.9. The standard InChI is InChI=1S/C9H14ClN3O/c1-6-4-7(6)5-11-9-13-12-8(14-9)2-3-10/h6-7H,2-5H2,1H3,(H,11,13). The van der Waals surface area contributed by atoms with Gasteiger partial charge in [0, 0.05) is 18.8 Å². The van der Waals surface area contributed by atoms with Crippen molar-refractivity contribution in [2.45, 2.75) is 19.8 Å². The van der Waals surface area contributed by atoms with Gasteiger partial charge in [0.15, 0.2) is 0 Å². The summed E-state index contributed by atoms with van der Waals surface area (Å²) in [5.74, 6) is 2.74. The van der Waals surface area contributed by atoms with Crippen molar-refractivity contribution in [2.75, 3.05) is 17.7 Å². The van der Waals surface area contributed by atoms with Gasteiger partial charge in [0.05, 0.1) is 0 Å². The molecule has 14 heavy (non-hydrogen) atoms. The molecular weight excluding hydrogens is 202 g/mol. The molecule has 0 amide bonds. The molecule has 5 heteroatoms. The minimum absolute atomic E-state index is 0.515. The summed E-state index contributed by atoms with van der Waals surface area (Å²) >= 11 is 5.55. The summed E-state index contributed by atoms with van der Waals surface area (Å²) in [5.41, 5.74) is 0. The number of aryl methyl sites for hydroxylation is 1. The highest BCUT2D eigenvalue weighted by Gasteiger charge is 2.32. The maximum atomic E-state index is 5.55. The highest BCUT2D eigenvalue weighted by Crippen LogP contribution is 2.37. The van der Waals surface area contributed by atoms with E-state index in [1.54, 1.807) is 0 Å². The van der Waals surface area contributed by atoms with Crippen LogP contribution in [0, 0.1) is 11.8 Å². The Morgan fingerprint density at radius 3 is 3.00 bits per heavy atom. The van der Waals surface area contributed by atoms with Crippen LogP contribution >= 0.6 is 11.6 Å². The number of alkyl halides is 1. The van der Waals surface area contributed by atoms with Gasteiger partial charge in [-0.15, -0.1) is 16.7 Å². The topological polar surface area (TPSA) is 51.0 Å². The van der Waals surface area contributed by atoms with E-state index in [2.05, 4.69) is 22.4 Å². The fourth-order valence-electron chi connectivity index (χ4n) is 1.41. The molecule has 1 heterocycles. The van der Waals surface area contributed by atoms with Gasteiger partial charge >= 0.3 is 6.01 Å². The number of hydrogen-bond acceptors (Lipinski definition) is 4. The molecule has 2 atom stereocenters. The third-order valence-electron chi connectivity index (χ3n) is 2.57. The first-order valence-corrected chi connectivity index (χ1v) is 5.45. The maximum absolute atomic E-state index is 5.55. The lowest BCUT2D eigenvalue weighted by atomic mass is 10.3. The minimum Gasteiger partial charge on any atom is -0.408 e. The van der Waals surface area contributed by atoms with Crippen LogP contribution in [0.1, 0.15) is 19.2 Å². The van der Waals surface area contributed by atoms with Crippen molar-refractivity contribution in [3.05, 3.63) is 5.89 Å². The van der Waals surface area contributed by atoms with E-state index in [4.69, 9.17) is 16.0 Å². The molecule has 1 fully saturated rings. The molecule has 0 radical (unpaired) electrons. The smallest absolute Gasteiger partial charge is 0.315 e. The molecule has 1 aliphatic rings. The average Bonchev–Trinajstić information content (AvgIpc) is 2.69. The summed E-state index contributed by atoms with van der Waals surface area (Å²) in [6.45, 7) is 3.18. The van der Waals surface area contributed by atoms with Crippen LogP contribution in [0.5, 0.6) is 0 Å². The van der Waals surface area contributed by atoms with E-state index in [0.717, 1.165) is 18.4 Å². The van der Waals surface area contributed by atoms with Gasteiger partial charge in [-0.05, 0) is 18.3 Å². The van der Waals surface area contributed by atoms with Gasteiger partial charge in [-0.25, -0.2) is 0 Å². The zero-order valence-electron chi connectivity index (χ0n) is 8.16. The lowest BCUT2D eigenvalue weighted by Crippen LogP contribution is -2.04. The van der Waals surface area contributed by atoms with E-state index in [1.807, 2.05) is 0 Å². The van der Waals surface area contributed by atoms with Crippen LogP contribution in [0.3, 0.4) is 0 Å². The summed E-state index contributed by atoms with van der Waals surface area (Å²) < 4.78 is 5.32. The van der Waals surface area contributed by atoms with Gasteiger partial charge in [0.1, 0.15) is 0 Å². The largest absolute Gasteiger partial charge is 0.408 e. The van der Waals surface area contributed by atoms with Crippen molar-refractivity contribution >= 4 is 17.6 Å². The number of halogens is 1. The first kappa shape index (κ1) is 9.77. The number of aromatic nitrogens is 2. The molecule has 1 aromatic heterocycles. The quantitative estimate of drug-likeness (QED) is 0.763. The highest BCUT2D eigenvalue weighted by molar-refractivity contribution is 6.17. The average molecular weight is 216 g/mol. The first-order valence-electron chi connectivity index (χ1n) is 4.92. The third kappa shape index (κ3) is 2.38. The Balaban J connectivity index is 1.78. The lowest BCUT2D eigenvalue weighted by molar-refractivity contribution is 0.510. The summed E-state index contributed by atoms with van der Waals surface area (Å²) in [6, 6.07) is 0.518. The van der Waals surface area contributed by atoms with Crippen molar-refractivity contribution in [2.24, 2.45) is 11.8 Å². The van der Waals surface area contributed by atoms with E-state index >= 15 is 0 Å². The van der Waals surface area contributed by atoms with E-state index in [0.29, 0.717) is 24.2 Å². The lowest BCUT2D eigenvalue weighted by Gasteiger charge is -1.97. The van der Waals surface area contributed by atoms with Gasteiger partial charge in [-0.2, -0.15) is 0 Å². The molecule has 78 valence electrons. The molecule has 2 unspecified atom stereocenters. The molecule has 0 aliphatic heterocycles. The Morgan fingerprint density at radius 1 is 1.57 bits per heavy atom. The predicted molar refractivity (Wildman–Crippen MR) is 54.5 cm³/mol. The van der Waals surface area contributed by atoms with Gasteiger partial charge in [0.2, 0.25) is 5.89 Å². The number of nitrogens with zero attached hydrogens (tertiary/aromatic N) is 2. The van der Waals surface area contributed by atoms with Crippen LogP contribution in [-0.2, 0) is 6.42 Å². The fraction of sp³-hybridized carbons (Fsp3) is 0.778. The van der Waals surface area contributed by atoms with Crippen molar-refractivity contribution in [3.8, 4) is 0 Å². The Hall–Kier alpha value is -0.770. The molecule has 0 saturated heterocycles. The van der Waals surface area contributed by atoms with Crippen molar-refractivity contribution in [1.29, 1.82) is 0 Å². The zero-order valence-corrected chi connectivity index (χ0v) is 8.92. The Bertz CT molecular complexity index is 302. The molecule has 1 aromatic rings. The van der Waals surface area contributed by atoms with Crippen molar-refractivity contribution in [3.63, 3.8) is 0 Å². The number of nitrogens with one attached hydrogen (secondary N) is 1.